The van der Waals surface area contributed by atoms with Gasteiger partial charge in [-0.15, -0.1) is 0 Å². The van der Waals surface area contributed by atoms with Crippen LogP contribution in [0.4, 0.5) is 0 Å². The maximum atomic E-state index is 12.8. The molecule has 28 heavy (non-hydrogen) atoms. The number of phenolic OH excluding ortho intramolecular Hbond substituents is 1. The van der Waals surface area contributed by atoms with Gasteiger partial charge in [0.1, 0.15) is 11.8 Å². The van der Waals surface area contributed by atoms with E-state index in [0.29, 0.717) is 32.4 Å². The van der Waals surface area contributed by atoms with Gasteiger partial charge in [-0.1, -0.05) is 19.1 Å². The molecule has 3 N–H and O–H groups in total. The first-order valence-corrected chi connectivity index (χ1v) is 9.75. The molecule has 0 radical (unpaired) electrons. The van der Waals surface area contributed by atoms with Crippen molar-refractivity contribution in [2.75, 3.05) is 19.6 Å². The van der Waals surface area contributed by atoms with E-state index in [4.69, 9.17) is 5.11 Å². The number of carboxylic acid groups (broad SMARTS) is 1. The number of likely N-dealkylation sites (tertiary alicyclic amines) is 1. The summed E-state index contributed by atoms with van der Waals surface area (Å²) in [5, 5.41) is 21.9. The summed E-state index contributed by atoms with van der Waals surface area (Å²) in [6.07, 6.45) is 2.77. The number of phenols is 1. The van der Waals surface area contributed by atoms with Crippen molar-refractivity contribution in [2.24, 2.45) is 0 Å². The van der Waals surface area contributed by atoms with E-state index in [2.05, 4.69) is 5.32 Å². The lowest BCUT2D eigenvalue weighted by atomic mass is 9.85. The maximum Gasteiger partial charge on any atom is 0.317 e. The molecule has 1 saturated carbocycles. The van der Waals surface area contributed by atoms with Gasteiger partial charge >= 0.3 is 5.97 Å². The Hall–Kier alpha value is -2.61. The van der Waals surface area contributed by atoms with Crippen LogP contribution in [0.15, 0.2) is 24.3 Å². The number of aliphatic carboxylic acids is 1. The second kappa shape index (κ2) is 8.60. The molecule has 1 aliphatic carbocycles. The molecule has 2 amide bonds. The number of likely N-dealkylation sites (N-methyl/N-ethyl adjacent to an activating group) is 1. The Bertz CT molecular complexity index is 747. The minimum absolute atomic E-state index is 0.00280. The zero-order chi connectivity index (χ0) is 20.3. The third kappa shape index (κ3) is 4.27. The molecule has 2 aliphatic rings. The number of amides is 2. The van der Waals surface area contributed by atoms with Crippen molar-refractivity contribution in [3.63, 3.8) is 0 Å². The highest BCUT2D eigenvalue weighted by Crippen LogP contribution is 2.28. The average molecular weight is 389 g/mol. The molecule has 1 aliphatic heterocycles. The number of para-hydroxylation sites is 1. The number of hydrogen-bond donors (Lipinski definition) is 3. The van der Waals surface area contributed by atoms with Crippen LogP contribution in [-0.2, 0) is 9.59 Å². The van der Waals surface area contributed by atoms with Crippen LogP contribution in [0.25, 0.3) is 0 Å². The molecule has 1 unspecified atom stereocenters. The average Bonchev–Trinajstić information content (AvgIpc) is 3.12. The Labute approximate surface area is 164 Å². The van der Waals surface area contributed by atoms with Crippen molar-refractivity contribution < 1.29 is 24.6 Å². The normalized spacial score (nSPS) is 24.1. The number of carboxylic acids is 1. The molecule has 8 heteroatoms. The Morgan fingerprint density at radius 3 is 2.61 bits per heavy atom. The smallest absolute Gasteiger partial charge is 0.317 e. The van der Waals surface area contributed by atoms with Crippen molar-refractivity contribution >= 4 is 17.8 Å². The van der Waals surface area contributed by atoms with Crippen LogP contribution >= 0.6 is 0 Å². The van der Waals surface area contributed by atoms with E-state index in [9.17, 15) is 19.5 Å². The minimum Gasteiger partial charge on any atom is -0.507 e. The third-order valence-electron chi connectivity index (χ3n) is 5.67. The number of nitrogens with one attached hydrogen (secondary N) is 1. The lowest BCUT2D eigenvalue weighted by Crippen LogP contribution is -2.57. The summed E-state index contributed by atoms with van der Waals surface area (Å²) in [5.74, 6) is -1.44. The standard InChI is InChI=1S/C20H27N3O5/c1-2-22(12-18(25)26)14-10-13(11-14)21-19(27)16-7-5-9-23(16)20(28)15-6-3-4-8-17(15)24/h3-4,6,8,13-14,16,24H,2,5,7,9-12H2,1H3,(H,21,27)(H,25,26). The van der Waals surface area contributed by atoms with Gasteiger partial charge < -0.3 is 20.4 Å². The highest BCUT2D eigenvalue weighted by Gasteiger charge is 2.39. The molecule has 1 atom stereocenters. The molecule has 8 nitrogen and oxygen atoms in total. The first kappa shape index (κ1) is 20.1. The van der Waals surface area contributed by atoms with Gasteiger partial charge in [0.05, 0.1) is 12.1 Å². The fourth-order valence-electron chi connectivity index (χ4n) is 4.07. The quantitative estimate of drug-likeness (QED) is 0.643. The lowest BCUT2D eigenvalue weighted by Gasteiger charge is -2.42. The zero-order valence-corrected chi connectivity index (χ0v) is 16.0. The second-order valence-electron chi connectivity index (χ2n) is 7.46. The predicted molar refractivity (Wildman–Crippen MR) is 102 cm³/mol. The van der Waals surface area contributed by atoms with E-state index in [1.165, 1.54) is 11.0 Å². The van der Waals surface area contributed by atoms with Crippen molar-refractivity contribution in [3.05, 3.63) is 29.8 Å². The molecular weight excluding hydrogens is 362 g/mol. The van der Waals surface area contributed by atoms with Crippen LogP contribution in [0.5, 0.6) is 5.75 Å². The van der Waals surface area contributed by atoms with Crippen molar-refractivity contribution in [3.8, 4) is 5.75 Å². The summed E-state index contributed by atoms with van der Waals surface area (Å²) >= 11 is 0. The predicted octanol–water partition coefficient (Wildman–Crippen LogP) is 1.05. The topological polar surface area (TPSA) is 110 Å². The molecule has 0 aromatic heterocycles. The van der Waals surface area contributed by atoms with Crippen LogP contribution in [0, 0.1) is 0 Å². The summed E-state index contributed by atoms with van der Waals surface area (Å²) < 4.78 is 0. The van der Waals surface area contributed by atoms with Gasteiger partial charge in [0.25, 0.3) is 5.91 Å². The van der Waals surface area contributed by atoms with E-state index in [1.807, 2.05) is 11.8 Å². The summed E-state index contributed by atoms with van der Waals surface area (Å²) in [7, 11) is 0. The van der Waals surface area contributed by atoms with Crippen LogP contribution in [0.3, 0.4) is 0 Å². The second-order valence-corrected chi connectivity index (χ2v) is 7.46. The molecule has 152 valence electrons. The molecule has 1 saturated heterocycles. The number of nitrogens with zero attached hydrogens (tertiary/aromatic N) is 2. The Balaban J connectivity index is 1.55. The molecule has 1 aromatic rings. The highest BCUT2D eigenvalue weighted by molar-refractivity contribution is 5.99. The van der Waals surface area contributed by atoms with Gasteiger partial charge in [0, 0.05) is 18.6 Å². The number of hydrogen-bond acceptors (Lipinski definition) is 5. The van der Waals surface area contributed by atoms with E-state index >= 15 is 0 Å². The van der Waals surface area contributed by atoms with Gasteiger partial charge in [-0.2, -0.15) is 0 Å². The number of carbonyl (C=O) groups is 3. The highest BCUT2D eigenvalue weighted by atomic mass is 16.4. The fourth-order valence-corrected chi connectivity index (χ4v) is 4.07. The van der Waals surface area contributed by atoms with Crippen LogP contribution < -0.4 is 5.32 Å². The van der Waals surface area contributed by atoms with Crippen molar-refractivity contribution in [1.82, 2.24) is 15.1 Å². The Morgan fingerprint density at radius 2 is 1.96 bits per heavy atom. The van der Waals surface area contributed by atoms with Gasteiger partial charge in [0.2, 0.25) is 5.91 Å². The molecule has 1 aromatic carbocycles. The molecular formula is C20H27N3O5. The van der Waals surface area contributed by atoms with Crippen LogP contribution in [0.1, 0.15) is 43.0 Å². The van der Waals surface area contributed by atoms with Gasteiger partial charge in [0.15, 0.2) is 0 Å². The maximum absolute atomic E-state index is 12.8. The summed E-state index contributed by atoms with van der Waals surface area (Å²) in [6.45, 7) is 3.08. The van der Waals surface area contributed by atoms with E-state index in [-0.39, 0.29) is 41.8 Å². The van der Waals surface area contributed by atoms with E-state index < -0.39 is 12.0 Å². The van der Waals surface area contributed by atoms with Gasteiger partial charge in [-0.3, -0.25) is 19.3 Å². The number of benzene rings is 1. The first-order chi connectivity index (χ1) is 13.4. The Morgan fingerprint density at radius 1 is 1.25 bits per heavy atom. The van der Waals surface area contributed by atoms with E-state index in [1.54, 1.807) is 18.2 Å². The van der Waals surface area contributed by atoms with Gasteiger partial charge in [-0.25, -0.2) is 0 Å². The largest absolute Gasteiger partial charge is 0.507 e. The summed E-state index contributed by atoms with van der Waals surface area (Å²) in [5.41, 5.74) is 0.207. The van der Waals surface area contributed by atoms with Crippen LogP contribution in [0.2, 0.25) is 0 Å². The zero-order valence-electron chi connectivity index (χ0n) is 16.0. The van der Waals surface area contributed by atoms with Gasteiger partial charge in [-0.05, 0) is 44.4 Å². The summed E-state index contributed by atoms with van der Waals surface area (Å²) in [4.78, 5) is 39.8. The number of rotatable bonds is 7. The Kier molecular flexibility index (Phi) is 6.18. The lowest BCUT2D eigenvalue weighted by molar-refractivity contribution is -0.140. The minimum atomic E-state index is -0.849. The molecule has 2 fully saturated rings. The molecule has 0 spiro atoms. The number of aromatic hydroxyl groups is 1. The number of carbonyl (C=O) groups excluding carboxylic acids is 2. The van der Waals surface area contributed by atoms with Crippen molar-refractivity contribution in [1.29, 1.82) is 0 Å². The third-order valence-corrected chi connectivity index (χ3v) is 5.67. The van der Waals surface area contributed by atoms with Crippen molar-refractivity contribution in [2.45, 2.75) is 50.7 Å². The SMILES string of the molecule is CCN(CC(=O)O)C1CC(NC(=O)C2CCCN2C(=O)c2ccccc2O)C1. The molecule has 3 rings (SSSR count). The fraction of sp³-hybridized carbons (Fsp3) is 0.550. The summed E-state index contributed by atoms with van der Waals surface area (Å²) in [6, 6.07) is 5.98. The first-order valence-electron chi connectivity index (χ1n) is 9.75. The monoisotopic (exact) mass is 389 g/mol. The molecule has 1 heterocycles. The van der Waals surface area contributed by atoms with Crippen LogP contribution in [-0.4, -0.2) is 75.6 Å². The van der Waals surface area contributed by atoms with E-state index in [0.717, 1.165) is 6.42 Å². The molecule has 0 bridgehead atoms.